The van der Waals surface area contributed by atoms with Crippen LogP contribution in [0.4, 0.5) is 0 Å². The summed E-state index contributed by atoms with van der Waals surface area (Å²) in [7, 11) is 0.819. The van der Waals surface area contributed by atoms with Crippen LogP contribution >= 0.6 is 12.4 Å². The molecule has 0 aliphatic heterocycles. The summed E-state index contributed by atoms with van der Waals surface area (Å²) >= 11 is 0. The highest BCUT2D eigenvalue weighted by Crippen LogP contribution is 2.16. The van der Waals surface area contributed by atoms with E-state index in [1.807, 2.05) is 6.07 Å². The van der Waals surface area contributed by atoms with Gasteiger partial charge in [0.05, 0.1) is 0 Å². The summed E-state index contributed by atoms with van der Waals surface area (Å²) in [6, 6.07) is 11.2. The summed E-state index contributed by atoms with van der Waals surface area (Å²) in [5, 5.41) is 3.43. The van der Waals surface area contributed by atoms with Crippen LogP contribution in [0.1, 0.15) is 18.4 Å². The average molecular weight is 349 g/mol. The number of rotatable bonds is 12. The zero-order chi connectivity index (χ0) is 15.4. The largest absolute Gasteiger partial charge is 0.500 e. The van der Waals surface area contributed by atoms with Gasteiger partial charge < -0.3 is 24.3 Å². The van der Waals surface area contributed by atoms with Gasteiger partial charge in [0.15, 0.2) is 0 Å². The van der Waals surface area contributed by atoms with E-state index >= 15 is 0 Å². The van der Waals surface area contributed by atoms with Crippen LogP contribution in [0.5, 0.6) is 0 Å². The second-order valence-corrected chi connectivity index (χ2v) is 7.82. The lowest BCUT2D eigenvalue weighted by Gasteiger charge is -2.26. The molecule has 0 spiro atoms. The Morgan fingerprint density at radius 1 is 1.09 bits per heavy atom. The highest BCUT2D eigenvalue weighted by Gasteiger charge is 2.37. The van der Waals surface area contributed by atoms with Crippen molar-refractivity contribution in [1.82, 2.24) is 5.32 Å². The van der Waals surface area contributed by atoms with Crippen LogP contribution in [-0.2, 0) is 19.8 Å². The van der Waals surface area contributed by atoms with Crippen molar-refractivity contribution < 1.29 is 13.3 Å². The van der Waals surface area contributed by atoms with Crippen molar-refractivity contribution in [3.63, 3.8) is 0 Å². The number of benzene rings is 1. The third-order valence-electron chi connectivity index (χ3n) is 3.30. The molecule has 5 nitrogen and oxygen atoms in total. The molecule has 0 radical (unpaired) electrons. The maximum atomic E-state index is 5.82. The Labute approximate surface area is 141 Å². The first-order chi connectivity index (χ1) is 10.3. The summed E-state index contributed by atoms with van der Waals surface area (Å²) in [4.78, 5) is 0. The molecular weight excluding hydrogens is 320 g/mol. The number of hydrogen-bond donors (Lipinski definition) is 2. The molecule has 0 unspecified atom stereocenters. The molecule has 7 heteroatoms. The third kappa shape index (κ3) is 8.24. The summed E-state index contributed by atoms with van der Waals surface area (Å²) < 4.78 is 16.9. The Morgan fingerprint density at radius 2 is 1.77 bits per heavy atom. The first-order valence-corrected chi connectivity index (χ1v) is 9.38. The Morgan fingerprint density at radius 3 is 2.36 bits per heavy atom. The molecule has 3 N–H and O–H groups in total. The van der Waals surface area contributed by atoms with Crippen molar-refractivity contribution in [2.45, 2.75) is 25.4 Å². The fourth-order valence-electron chi connectivity index (χ4n) is 2.05. The van der Waals surface area contributed by atoms with E-state index < -0.39 is 8.80 Å². The van der Waals surface area contributed by atoms with Crippen molar-refractivity contribution in [3.05, 3.63) is 35.9 Å². The molecule has 0 aliphatic carbocycles. The second kappa shape index (κ2) is 13.0. The molecule has 128 valence electrons. The summed E-state index contributed by atoms with van der Waals surface area (Å²) in [6.45, 7) is 3.01. The van der Waals surface area contributed by atoms with Gasteiger partial charge >= 0.3 is 8.80 Å². The standard InChI is InChI=1S/C15H28N2O3Si.ClH/c1-18-21(19-2,20-12-6-10-16)13-7-11-17-14-15-8-4-3-5-9-15;/h3-5,8-9,17H,6-7,10-14,16H2,1-2H3;1H. The van der Waals surface area contributed by atoms with Crippen molar-refractivity contribution >= 4 is 21.2 Å². The van der Waals surface area contributed by atoms with Crippen LogP contribution in [0.15, 0.2) is 30.3 Å². The topological polar surface area (TPSA) is 65.7 Å². The lowest BCUT2D eigenvalue weighted by Crippen LogP contribution is -2.44. The molecule has 0 aliphatic rings. The van der Waals surface area contributed by atoms with Gasteiger partial charge in [0.2, 0.25) is 0 Å². The second-order valence-electron chi connectivity index (χ2n) is 4.85. The minimum Gasteiger partial charge on any atom is -0.377 e. The highest BCUT2D eigenvalue weighted by molar-refractivity contribution is 6.60. The Kier molecular flexibility index (Phi) is 12.7. The first-order valence-electron chi connectivity index (χ1n) is 7.45. The van der Waals surface area contributed by atoms with Gasteiger partial charge in [-0.1, -0.05) is 30.3 Å². The van der Waals surface area contributed by atoms with Crippen LogP contribution in [0.25, 0.3) is 0 Å². The molecule has 1 aromatic carbocycles. The number of halogens is 1. The fraction of sp³-hybridized carbons (Fsp3) is 0.600. The van der Waals surface area contributed by atoms with E-state index in [1.165, 1.54) is 5.56 Å². The van der Waals surface area contributed by atoms with Crippen LogP contribution < -0.4 is 11.1 Å². The average Bonchev–Trinajstić information content (AvgIpc) is 2.54. The van der Waals surface area contributed by atoms with Crippen molar-refractivity contribution in [1.29, 1.82) is 0 Å². The monoisotopic (exact) mass is 348 g/mol. The van der Waals surface area contributed by atoms with Crippen molar-refractivity contribution in [3.8, 4) is 0 Å². The predicted molar refractivity (Wildman–Crippen MR) is 94.2 cm³/mol. The predicted octanol–water partition coefficient (Wildman–Crippen LogP) is 2.19. The van der Waals surface area contributed by atoms with Crippen LogP contribution in [0.3, 0.4) is 0 Å². The molecule has 0 heterocycles. The number of hydrogen-bond acceptors (Lipinski definition) is 5. The van der Waals surface area contributed by atoms with E-state index in [9.17, 15) is 0 Å². The molecular formula is C15H29ClN2O3Si. The summed E-state index contributed by atoms with van der Waals surface area (Å²) in [5.41, 5.74) is 6.77. The molecule has 0 aromatic heterocycles. The van der Waals surface area contributed by atoms with Gasteiger partial charge in [-0.3, -0.25) is 0 Å². The fourth-order valence-corrected chi connectivity index (χ4v) is 4.07. The van der Waals surface area contributed by atoms with E-state index in [0.29, 0.717) is 13.2 Å². The number of nitrogens with two attached hydrogens (primary N) is 1. The normalized spacial score (nSPS) is 11.2. The van der Waals surface area contributed by atoms with E-state index in [1.54, 1.807) is 14.2 Å². The van der Waals surface area contributed by atoms with E-state index in [0.717, 1.165) is 32.0 Å². The van der Waals surface area contributed by atoms with Crippen molar-refractivity contribution in [2.75, 3.05) is 33.9 Å². The molecule has 0 bridgehead atoms. The molecule has 22 heavy (non-hydrogen) atoms. The van der Waals surface area contributed by atoms with Crippen LogP contribution in [-0.4, -0.2) is 42.7 Å². The molecule has 0 atom stereocenters. The SMILES string of the molecule is CO[Si](CCCNCc1ccccc1)(OC)OCCCN.Cl. The number of nitrogens with one attached hydrogen (secondary N) is 1. The van der Waals surface area contributed by atoms with Gasteiger partial charge in [-0.05, 0) is 31.5 Å². The molecule has 0 amide bonds. The molecule has 1 rings (SSSR count). The lowest BCUT2D eigenvalue weighted by atomic mass is 10.2. The van der Waals surface area contributed by atoms with E-state index in [-0.39, 0.29) is 12.4 Å². The Hall–Kier alpha value is -0.473. The van der Waals surface area contributed by atoms with Gasteiger partial charge in [0.25, 0.3) is 0 Å². The Bertz CT molecular complexity index is 367. The lowest BCUT2D eigenvalue weighted by molar-refractivity contribution is 0.0971. The molecule has 0 saturated carbocycles. The maximum absolute atomic E-state index is 5.82. The van der Waals surface area contributed by atoms with E-state index in [4.69, 9.17) is 19.0 Å². The zero-order valence-electron chi connectivity index (χ0n) is 13.5. The van der Waals surface area contributed by atoms with Gasteiger partial charge in [-0.15, -0.1) is 12.4 Å². The zero-order valence-corrected chi connectivity index (χ0v) is 15.4. The molecule has 1 aromatic rings. The van der Waals surface area contributed by atoms with Gasteiger partial charge in [0, 0.05) is 33.4 Å². The molecule has 0 fully saturated rings. The third-order valence-corrected chi connectivity index (χ3v) is 6.15. The Balaban J connectivity index is 0.00000441. The van der Waals surface area contributed by atoms with Gasteiger partial charge in [-0.2, -0.15) is 0 Å². The minimum absolute atomic E-state index is 0. The first kappa shape index (κ1) is 21.5. The van der Waals surface area contributed by atoms with E-state index in [2.05, 4.69) is 29.6 Å². The summed E-state index contributed by atoms with van der Waals surface area (Å²) in [5.74, 6) is 0. The maximum Gasteiger partial charge on any atom is 0.500 e. The van der Waals surface area contributed by atoms with Crippen LogP contribution in [0, 0.1) is 0 Å². The van der Waals surface area contributed by atoms with Gasteiger partial charge in [0.1, 0.15) is 0 Å². The smallest absolute Gasteiger partial charge is 0.377 e. The minimum atomic E-state index is -2.51. The molecule has 0 saturated heterocycles. The van der Waals surface area contributed by atoms with Crippen molar-refractivity contribution in [2.24, 2.45) is 5.73 Å². The quantitative estimate of drug-likeness (QED) is 0.447. The highest BCUT2D eigenvalue weighted by atomic mass is 35.5. The van der Waals surface area contributed by atoms with Crippen LogP contribution in [0.2, 0.25) is 6.04 Å². The summed E-state index contributed by atoms with van der Waals surface area (Å²) in [6.07, 6.45) is 1.79. The van der Waals surface area contributed by atoms with Gasteiger partial charge in [-0.25, -0.2) is 0 Å².